The molecular formula is C6H6FN3O. The van der Waals surface area contributed by atoms with Gasteiger partial charge in [0.1, 0.15) is 11.6 Å². The van der Waals surface area contributed by atoms with Gasteiger partial charge in [0, 0.05) is 0 Å². The van der Waals surface area contributed by atoms with Gasteiger partial charge < -0.3 is 0 Å². The number of carbonyl (C=O) groups excluding carboxylic acids is 1. The number of carbonyl (C=O) groups is 1. The number of nitrogens with zero attached hydrogens (tertiary/aromatic N) is 1. The Balaban J connectivity index is 2.58. The summed E-state index contributed by atoms with van der Waals surface area (Å²) in [6.07, 6.45) is 1.51. The smallest absolute Gasteiger partial charge is 0.225 e. The van der Waals surface area contributed by atoms with Crippen LogP contribution in [-0.4, -0.2) is 11.4 Å². The van der Waals surface area contributed by atoms with Gasteiger partial charge in [0.2, 0.25) is 6.41 Å². The summed E-state index contributed by atoms with van der Waals surface area (Å²) in [6.45, 7) is 0. The highest BCUT2D eigenvalue weighted by atomic mass is 19.1. The van der Waals surface area contributed by atoms with Crippen LogP contribution in [0.5, 0.6) is 0 Å². The van der Waals surface area contributed by atoms with Crippen molar-refractivity contribution in [3.63, 3.8) is 0 Å². The van der Waals surface area contributed by atoms with Crippen LogP contribution in [-0.2, 0) is 4.79 Å². The summed E-state index contributed by atoms with van der Waals surface area (Å²) in [5, 5.41) is 0. The Kier molecular flexibility index (Phi) is 2.37. The summed E-state index contributed by atoms with van der Waals surface area (Å²) in [4.78, 5) is 13.4. The lowest BCUT2D eigenvalue weighted by molar-refractivity contribution is -0.109. The number of amides is 1. The Bertz CT molecular complexity index is 236. The molecule has 0 spiro atoms. The standard InChI is InChI=1S/C6H6FN3O/c7-5-1-2-6(8-3-5)10-9-4-11/h1-4H,(H,8,10)(H,9,11). The molecule has 0 saturated carbocycles. The van der Waals surface area contributed by atoms with Gasteiger partial charge >= 0.3 is 0 Å². The number of hydrogen-bond donors (Lipinski definition) is 2. The molecule has 11 heavy (non-hydrogen) atoms. The second-order valence-electron chi connectivity index (χ2n) is 1.75. The minimum absolute atomic E-state index is 0.388. The van der Waals surface area contributed by atoms with Gasteiger partial charge in [-0.05, 0) is 12.1 Å². The summed E-state index contributed by atoms with van der Waals surface area (Å²) in [6, 6.07) is 2.65. The van der Waals surface area contributed by atoms with Gasteiger partial charge in [0.15, 0.2) is 0 Å². The van der Waals surface area contributed by atoms with Crippen LogP contribution in [0.15, 0.2) is 18.3 Å². The van der Waals surface area contributed by atoms with Crippen LogP contribution in [0, 0.1) is 5.82 Å². The second kappa shape index (κ2) is 3.50. The molecule has 1 rings (SSSR count). The van der Waals surface area contributed by atoms with Gasteiger partial charge in [-0.3, -0.25) is 15.6 Å². The molecule has 0 fully saturated rings. The third-order valence-electron chi connectivity index (χ3n) is 0.987. The van der Waals surface area contributed by atoms with E-state index >= 15 is 0 Å². The highest BCUT2D eigenvalue weighted by molar-refractivity contribution is 5.50. The van der Waals surface area contributed by atoms with E-state index in [1.807, 2.05) is 0 Å². The van der Waals surface area contributed by atoms with Gasteiger partial charge in [-0.2, -0.15) is 0 Å². The molecule has 0 aromatic carbocycles. The highest BCUT2D eigenvalue weighted by Gasteiger charge is 1.91. The summed E-state index contributed by atoms with van der Waals surface area (Å²) < 4.78 is 12.2. The molecule has 58 valence electrons. The molecule has 1 aromatic heterocycles. The largest absolute Gasteiger partial charge is 0.282 e. The van der Waals surface area contributed by atoms with Gasteiger partial charge in [-0.1, -0.05) is 0 Å². The Morgan fingerprint density at radius 1 is 1.55 bits per heavy atom. The summed E-state index contributed by atoms with van der Waals surface area (Å²) >= 11 is 0. The van der Waals surface area contributed by atoms with E-state index in [9.17, 15) is 9.18 Å². The first kappa shape index (κ1) is 7.46. The van der Waals surface area contributed by atoms with Crippen LogP contribution in [0.2, 0.25) is 0 Å². The van der Waals surface area contributed by atoms with Crippen molar-refractivity contribution < 1.29 is 9.18 Å². The Morgan fingerprint density at radius 3 is 2.91 bits per heavy atom. The topological polar surface area (TPSA) is 54.0 Å². The van der Waals surface area contributed by atoms with Crippen molar-refractivity contribution in [2.24, 2.45) is 0 Å². The Labute approximate surface area is 62.4 Å². The molecule has 0 bridgehead atoms. The molecular weight excluding hydrogens is 149 g/mol. The van der Waals surface area contributed by atoms with Crippen molar-refractivity contribution in [3.8, 4) is 0 Å². The van der Waals surface area contributed by atoms with E-state index in [-0.39, 0.29) is 0 Å². The molecule has 1 amide bonds. The molecule has 0 atom stereocenters. The number of aromatic nitrogens is 1. The summed E-state index contributed by atoms with van der Waals surface area (Å²) in [7, 11) is 0. The predicted molar refractivity (Wildman–Crippen MR) is 37.0 cm³/mol. The quantitative estimate of drug-likeness (QED) is 0.487. The van der Waals surface area contributed by atoms with Crippen molar-refractivity contribution in [3.05, 3.63) is 24.1 Å². The number of anilines is 1. The number of hydrazine groups is 1. The van der Waals surface area contributed by atoms with E-state index in [1.54, 1.807) is 0 Å². The third kappa shape index (κ3) is 2.21. The third-order valence-corrected chi connectivity index (χ3v) is 0.987. The van der Waals surface area contributed by atoms with Gasteiger partial charge in [0.25, 0.3) is 0 Å². The summed E-state index contributed by atoms with van der Waals surface area (Å²) in [5.74, 6) is -0.0276. The number of nitrogens with one attached hydrogen (secondary N) is 2. The molecule has 0 unspecified atom stereocenters. The van der Waals surface area contributed by atoms with E-state index in [2.05, 4.69) is 15.8 Å². The predicted octanol–water partition coefficient (Wildman–Crippen LogP) is 0.294. The molecule has 2 N–H and O–H groups in total. The lowest BCUT2D eigenvalue weighted by Crippen LogP contribution is -2.19. The minimum Gasteiger partial charge on any atom is -0.282 e. The maximum atomic E-state index is 12.2. The summed E-state index contributed by atoms with van der Waals surface area (Å²) in [5.41, 5.74) is 4.59. The zero-order valence-corrected chi connectivity index (χ0v) is 5.54. The number of rotatable bonds is 3. The number of pyridine rings is 1. The van der Waals surface area contributed by atoms with Crippen LogP contribution in [0.4, 0.5) is 10.2 Å². The zero-order valence-electron chi connectivity index (χ0n) is 5.54. The molecule has 0 aliphatic heterocycles. The van der Waals surface area contributed by atoms with Crippen molar-refractivity contribution in [1.82, 2.24) is 10.4 Å². The Morgan fingerprint density at radius 2 is 2.36 bits per heavy atom. The average Bonchev–Trinajstić information content (AvgIpc) is 2.04. The van der Waals surface area contributed by atoms with Gasteiger partial charge in [0.05, 0.1) is 6.20 Å². The zero-order chi connectivity index (χ0) is 8.10. The SMILES string of the molecule is O=CNNc1ccc(F)cn1. The Hall–Kier alpha value is -1.65. The maximum Gasteiger partial charge on any atom is 0.225 e. The van der Waals surface area contributed by atoms with Crippen molar-refractivity contribution in [1.29, 1.82) is 0 Å². The van der Waals surface area contributed by atoms with E-state index in [1.165, 1.54) is 12.1 Å². The maximum absolute atomic E-state index is 12.2. The van der Waals surface area contributed by atoms with Crippen LogP contribution in [0.25, 0.3) is 0 Å². The molecule has 4 nitrogen and oxygen atoms in total. The number of hydrogen-bond acceptors (Lipinski definition) is 3. The van der Waals surface area contributed by atoms with Crippen molar-refractivity contribution in [2.75, 3.05) is 5.43 Å². The molecule has 1 heterocycles. The fourth-order valence-electron chi connectivity index (χ4n) is 0.553. The molecule has 1 aromatic rings. The minimum atomic E-state index is -0.415. The highest BCUT2D eigenvalue weighted by Crippen LogP contribution is 2.00. The first-order valence-corrected chi connectivity index (χ1v) is 2.89. The van der Waals surface area contributed by atoms with Crippen LogP contribution in [0.3, 0.4) is 0 Å². The van der Waals surface area contributed by atoms with E-state index in [0.717, 1.165) is 6.20 Å². The van der Waals surface area contributed by atoms with Gasteiger partial charge in [-0.25, -0.2) is 9.37 Å². The monoisotopic (exact) mass is 155 g/mol. The van der Waals surface area contributed by atoms with E-state index in [0.29, 0.717) is 12.2 Å². The fraction of sp³-hybridized carbons (Fsp3) is 0. The van der Waals surface area contributed by atoms with E-state index in [4.69, 9.17) is 0 Å². The molecule has 5 heteroatoms. The van der Waals surface area contributed by atoms with Crippen LogP contribution < -0.4 is 10.9 Å². The lowest BCUT2D eigenvalue weighted by Gasteiger charge is -2.00. The molecule has 0 saturated heterocycles. The first-order valence-electron chi connectivity index (χ1n) is 2.89. The lowest BCUT2D eigenvalue weighted by atomic mass is 10.4. The fourth-order valence-corrected chi connectivity index (χ4v) is 0.553. The van der Waals surface area contributed by atoms with Crippen LogP contribution in [0.1, 0.15) is 0 Å². The molecule has 0 aliphatic rings. The second-order valence-corrected chi connectivity index (χ2v) is 1.75. The molecule has 0 radical (unpaired) electrons. The van der Waals surface area contributed by atoms with Crippen LogP contribution >= 0.6 is 0 Å². The van der Waals surface area contributed by atoms with Gasteiger partial charge in [-0.15, -0.1) is 0 Å². The van der Waals surface area contributed by atoms with E-state index < -0.39 is 5.82 Å². The molecule has 0 aliphatic carbocycles. The average molecular weight is 155 g/mol. The van der Waals surface area contributed by atoms with Crippen molar-refractivity contribution >= 4 is 12.2 Å². The normalized spacial score (nSPS) is 8.82. The first-order chi connectivity index (χ1) is 5.33. The van der Waals surface area contributed by atoms with Crippen molar-refractivity contribution in [2.45, 2.75) is 0 Å². The number of halogens is 1.